The lowest BCUT2D eigenvalue weighted by atomic mass is 10.0. The summed E-state index contributed by atoms with van der Waals surface area (Å²) in [6, 6.07) is 9.08. The van der Waals surface area contributed by atoms with Gasteiger partial charge in [-0.05, 0) is 5.56 Å². The summed E-state index contributed by atoms with van der Waals surface area (Å²) in [5, 5.41) is 1.98. The van der Waals surface area contributed by atoms with Gasteiger partial charge in [0, 0.05) is 39.6 Å². The number of nitrogens with zero attached hydrogens (tertiary/aromatic N) is 1. The number of β-lactam (4-membered cyclic amide) rings is 1. The SMILES string of the molecule is CO[C@@]1(NC(=O)Cc2ccccc2)C(=O)N2C(P(=O)(OC)OC)=C(COC(C)=O)CS[C@@H]21. The maximum absolute atomic E-state index is 13.3. The smallest absolute Gasteiger partial charge is 0.377 e. The second kappa shape index (κ2) is 9.76. The maximum atomic E-state index is 13.3. The highest BCUT2D eigenvalue weighted by molar-refractivity contribution is 8.00. The monoisotopic (exact) mass is 484 g/mol. The van der Waals surface area contributed by atoms with Gasteiger partial charge >= 0.3 is 13.6 Å². The van der Waals surface area contributed by atoms with Crippen LogP contribution in [0.2, 0.25) is 0 Å². The van der Waals surface area contributed by atoms with Crippen molar-refractivity contribution in [1.82, 2.24) is 10.2 Å². The summed E-state index contributed by atoms with van der Waals surface area (Å²) in [5.41, 5.74) is -0.436. The van der Waals surface area contributed by atoms with Crippen LogP contribution in [-0.2, 0) is 43.9 Å². The molecule has 2 aliphatic heterocycles. The van der Waals surface area contributed by atoms with E-state index in [2.05, 4.69) is 5.32 Å². The van der Waals surface area contributed by atoms with Gasteiger partial charge in [0.2, 0.25) is 5.91 Å². The molecular formula is C20H25N2O8PS. The zero-order valence-corrected chi connectivity index (χ0v) is 19.9. The van der Waals surface area contributed by atoms with Crippen LogP contribution < -0.4 is 5.32 Å². The quantitative estimate of drug-likeness (QED) is 0.242. The predicted molar refractivity (Wildman–Crippen MR) is 116 cm³/mol. The number of benzene rings is 1. The van der Waals surface area contributed by atoms with Crippen molar-refractivity contribution in [2.75, 3.05) is 33.7 Å². The third kappa shape index (κ3) is 4.35. The van der Waals surface area contributed by atoms with Crippen molar-refractivity contribution in [2.45, 2.75) is 24.4 Å². The highest BCUT2D eigenvalue weighted by atomic mass is 32.2. The van der Waals surface area contributed by atoms with Crippen molar-refractivity contribution in [3.63, 3.8) is 0 Å². The summed E-state index contributed by atoms with van der Waals surface area (Å²) in [5.74, 6) is -1.29. The fourth-order valence-corrected chi connectivity index (χ4v) is 6.68. The van der Waals surface area contributed by atoms with Crippen LogP contribution in [0, 0.1) is 0 Å². The van der Waals surface area contributed by atoms with Gasteiger partial charge in [-0.25, -0.2) is 0 Å². The van der Waals surface area contributed by atoms with Crippen LogP contribution in [0.25, 0.3) is 0 Å². The lowest BCUT2D eigenvalue weighted by Crippen LogP contribution is -2.80. The first-order valence-electron chi connectivity index (χ1n) is 9.65. The molecule has 1 aromatic carbocycles. The Hall–Kier alpha value is -2.17. The van der Waals surface area contributed by atoms with Crippen LogP contribution in [0.3, 0.4) is 0 Å². The number of nitrogens with one attached hydrogen (secondary N) is 1. The molecule has 3 rings (SSSR count). The van der Waals surface area contributed by atoms with Gasteiger partial charge in [-0.3, -0.25) is 23.8 Å². The maximum Gasteiger partial charge on any atom is 0.377 e. The number of thioether (sulfide) groups is 1. The van der Waals surface area contributed by atoms with E-state index in [4.69, 9.17) is 18.5 Å². The average Bonchev–Trinajstić information content (AvgIpc) is 2.80. The Bertz CT molecular complexity index is 977. The van der Waals surface area contributed by atoms with Gasteiger partial charge in [0.1, 0.15) is 17.4 Å². The van der Waals surface area contributed by atoms with Gasteiger partial charge in [-0.2, -0.15) is 0 Å². The van der Waals surface area contributed by atoms with Gasteiger partial charge in [0.25, 0.3) is 11.6 Å². The molecule has 12 heteroatoms. The first-order chi connectivity index (χ1) is 15.2. The molecular weight excluding hydrogens is 459 g/mol. The van der Waals surface area contributed by atoms with Crippen LogP contribution in [-0.4, -0.2) is 67.5 Å². The van der Waals surface area contributed by atoms with E-state index in [1.165, 1.54) is 44.9 Å². The number of esters is 1. The largest absolute Gasteiger partial charge is 0.461 e. The Morgan fingerprint density at radius 3 is 2.44 bits per heavy atom. The Kier molecular flexibility index (Phi) is 7.46. The lowest BCUT2D eigenvalue weighted by Gasteiger charge is -2.56. The Morgan fingerprint density at radius 1 is 1.22 bits per heavy atom. The van der Waals surface area contributed by atoms with Gasteiger partial charge in [0.15, 0.2) is 0 Å². The van der Waals surface area contributed by atoms with Crippen LogP contribution in [0.1, 0.15) is 12.5 Å². The molecule has 1 saturated heterocycles. The summed E-state index contributed by atoms with van der Waals surface area (Å²) in [6.07, 6.45) is 0.0612. The topological polar surface area (TPSA) is 120 Å². The van der Waals surface area contributed by atoms with Gasteiger partial charge in [0.05, 0.1) is 6.42 Å². The van der Waals surface area contributed by atoms with E-state index in [0.29, 0.717) is 5.57 Å². The molecule has 2 heterocycles. The van der Waals surface area contributed by atoms with Gasteiger partial charge in [-0.15, -0.1) is 11.8 Å². The fraction of sp³-hybridized carbons (Fsp3) is 0.450. The Labute approximate surface area is 190 Å². The molecule has 0 unspecified atom stereocenters. The molecule has 1 N–H and O–H groups in total. The summed E-state index contributed by atoms with van der Waals surface area (Å²) < 4.78 is 34.1. The standard InChI is InChI=1S/C20H25N2O8PS/c1-13(23)30-11-15-12-32-19-20(27-2,21-16(24)10-14-8-6-5-7-9-14)18(25)22(19)17(15)31(26,28-3)29-4/h5-9,19H,10-12H2,1-4H3,(H,21,24)/t19-,20+/m1/s1. The highest BCUT2D eigenvalue weighted by Crippen LogP contribution is 2.63. The number of carbonyl (C=O) groups excluding carboxylic acids is 3. The summed E-state index contributed by atoms with van der Waals surface area (Å²) in [6.45, 7) is 1.07. The van der Waals surface area contributed by atoms with E-state index in [0.717, 1.165) is 5.56 Å². The molecule has 0 radical (unpaired) electrons. The zero-order valence-electron chi connectivity index (χ0n) is 18.2. The van der Waals surface area contributed by atoms with Crippen molar-refractivity contribution >= 4 is 37.1 Å². The van der Waals surface area contributed by atoms with Crippen molar-refractivity contribution in [3.8, 4) is 0 Å². The molecule has 2 atom stereocenters. The third-order valence-electron chi connectivity index (χ3n) is 5.12. The van der Waals surface area contributed by atoms with Crippen molar-refractivity contribution in [3.05, 3.63) is 46.9 Å². The molecule has 0 aliphatic carbocycles. The molecule has 0 bridgehead atoms. The number of fused-ring (bicyclic) bond motifs is 1. The third-order valence-corrected chi connectivity index (χ3v) is 8.51. The van der Waals surface area contributed by atoms with E-state index in [1.807, 2.05) is 18.2 Å². The lowest BCUT2D eigenvalue weighted by molar-refractivity contribution is -0.190. The molecule has 1 aromatic rings. The normalized spacial score (nSPS) is 22.8. The van der Waals surface area contributed by atoms with Crippen molar-refractivity contribution in [1.29, 1.82) is 0 Å². The van der Waals surface area contributed by atoms with Crippen molar-refractivity contribution < 1.29 is 37.5 Å². The van der Waals surface area contributed by atoms with Crippen LogP contribution >= 0.6 is 19.4 Å². The van der Waals surface area contributed by atoms with E-state index in [-0.39, 0.29) is 24.2 Å². The summed E-state index contributed by atoms with van der Waals surface area (Å²) >= 11 is 1.28. The fourth-order valence-electron chi connectivity index (χ4n) is 3.58. The molecule has 2 aliphatic rings. The van der Waals surface area contributed by atoms with Crippen LogP contribution in [0.4, 0.5) is 0 Å². The summed E-state index contributed by atoms with van der Waals surface area (Å²) in [4.78, 5) is 38.5. The number of ether oxygens (including phenoxy) is 2. The number of amides is 2. The number of methoxy groups -OCH3 is 1. The average molecular weight is 484 g/mol. The zero-order chi connectivity index (χ0) is 23.5. The minimum absolute atomic E-state index is 0.00230. The first kappa shape index (κ1) is 24.5. The van der Waals surface area contributed by atoms with Gasteiger partial charge < -0.3 is 23.8 Å². The summed E-state index contributed by atoms with van der Waals surface area (Å²) in [7, 11) is -0.172. The molecule has 0 aromatic heterocycles. The van der Waals surface area contributed by atoms with E-state index in [1.54, 1.807) is 12.1 Å². The van der Waals surface area contributed by atoms with E-state index >= 15 is 0 Å². The number of carbonyl (C=O) groups is 3. The first-order valence-corrected chi connectivity index (χ1v) is 12.2. The van der Waals surface area contributed by atoms with E-state index < -0.39 is 36.5 Å². The molecule has 2 amide bonds. The van der Waals surface area contributed by atoms with E-state index in [9.17, 15) is 18.9 Å². The predicted octanol–water partition coefficient (Wildman–Crippen LogP) is 1.86. The minimum Gasteiger partial charge on any atom is -0.461 e. The minimum atomic E-state index is -3.90. The molecule has 32 heavy (non-hydrogen) atoms. The Balaban J connectivity index is 1.90. The molecule has 174 valence electrons. The van der Waals surface area contributed by atoms with Gasteiger partial charge in [-0.1, -0.05) is 30.3 Å². The molecule has 0 saturated carbocycles. The molecule has 10 nitrogen and oxygen atoms in total. The second-order valence-electron chi connectivity index (χ2n) is 7.06. The number of rotatable bonds is 9. The van der Waals surface area contributed by atoms with Crippen LogP contribution in [0.5, 0.6) is 0 Å². The molecule has 0 spiro atoms. The second-order valence-corrected chi connectivity index (χ2v) is 10.3. The Morgan fingerprint density at radius 2 is 1.88 bits per heavy atom. The van der Waals surface area contributed by atoms with Crippen LogP contribution in [0.15, 0.2) is 41.3 Å². The number of hydrogen-bond donors (Lipinski definition) is 1. The van der Waals surface area contributed by atoms with Crippen molar-refractivity contribution in [2.24, 2.45) is 0 Å². The molecule has 1 fully saturated rings. The highest BCUT2D eigenvalue weighted by Gasteiger charge is 2.68. The number of hydrogen-bond acceptors (Lipinski definition) is 9.